The van der Waals surface area contributed by atoms with Crippen LogP contribution < -0.4 is 4.74 Å². The van der Waals surface area contributed by atoms with Crippen molar-refractivity contribution in [3.8, 4) is 5.75 Å². The van der Waals surface area contributed by atoms with E-state index in [4.69, 9.17) is 21.1 Å². The Balaban J connectivity index is 1.61. The van der Waals surface area contributed by atoms with Crippen LogP contribution in [0.3, 0.4) is 0 Å². The molecule has 0 saturated carbocycles. The minimum absolute atomic E-state index is 0.0858. The van der Waals surface area contributed by atoms with Crippen LogP contribution in [0.25, 0.3) is 0 Å². The third-order valence-corrected chi connectivity index (χ3v) is 4.20. The first-order valence-electron chi connectivity index (χ1n) is 7.69. The van der Waals surface area contributed by atoms with Crippen LogP contribution in [-0.2, 0) is 11.2 Å². The smallest absolute Gasteiger partial charge is 0.228 e. The summed E-state index contributed by atoms with van der Waals surface area (Å²) in [6, 6.07) is 15.1. The molecule has 0 aromatic heterocycles. The third kappa shape index (κ3) is 4.06. The minimum Gasteiger partial charge on any atom is -0.462 e. The Morgan fingerprint density at radius 1 is 0.917 bits per heavy atom. The molecule has 1 heterocycles. The highest BCUT2D eigenvalue weighted by Gasteiger charge is 2.38. The maximum absolute atomic E-state index is 9.87. The van der Waals surface area contributed by atoms with E-state index in [0.29, 0.717) is 10.8 Å². The van der Waals surface area contributed by atoms with Crippen molar-refractivity contribution >= 4 is 11.6 Å². The van der Waals surface area contributed by atoms with Gasteiger partial charge in [-0.25, -0.2) is 0 Å². The van der Waals surface area contributed by atoms with Crippen molar-refractivity contribution < 1.29 is 24.8 Å². The largest absolute Gasteiger partial charge is 0.462 e. The predicted molar refractivity (Wildman–Crippen MR) is 89.1 cm³/mol. The SMILES string of the molecule is O[C@@H]1[C@@H](O)[C@@H](Oc2ccc(Cc3ccc(Cl)cc3)cc2)OC[C@@H]1O. The second-order valence-corrected chi connectivity index (χ2v) is 6.25. The lowest BCUT2D eigenvalue weighted by atomic mass is 10.0. The van der Waals surface area contributed by atoms with E-state index in [1.165, 1.54) is 0 Å². The van der Waals surface area contributed by atoms with Crippen molar-refractivity contribution in [1.29, 1.82) is 0 Å². The molecule has 128 valence electrons. The molecule has 5 nitrogen and oxygen atoms in total. The van der Waals surface area contributed by atoms with Gasteiger partial charge in [-0.2, -0.15) is 0 Å². The van der Waals surface area contributed by atoms with Gasteiger partial charge in [0.15, 0.2) is 0 Å². The summed E-state index contributed by atoms with van der Waals surface area (Å²) in [4.78, 5) is 0. The van der Waals surface area contributed by atoms with Crippen LogP contribution in [0.4, 0.5) is 0 Å². The second kappa shape index (κ2) is 7.51. The van der Waals surface area contributed by atoms with E-state index < -0.39 is 24.6 Å². The van der Waals surface area contributed by atoms with Gasteiger partial charge >= 0.3 is 0 Å². The second-order valence-electron chi connectivity index (χ2n) is 5.82. The van der Waals surface area contributed by atoms with Crippen LogP contribution in [0, 0.1) is 0 Å². The van der Waals surface area contributed by atoms with Crippen molar-refractivity contribution in [1.82, 2.24) is 0 Å². The molecule has 1 saturated heterocycles. The Kier molecular flexibility index (Phi) is 5.38. The zero-order valence-electron chi connectivity index (χ0n) is 12.9. The molecule has 2 aromatic carbocycles. The molecule has 1 aliphatic heterocycles. The average Bonchev–Trinajstić information content (AvgIpc) is 2.59. The minimum atomic E-state index is -1.30. The number of benzene rings is 2. The maximum atomic E-state index is 9.87. The van der Waals surface area contributed by atoms with E-state index >= 15 is 0 Å². The van der Waals surface area contributed by atoms with Gasteiger partial charge in [0.05, 0.1) is 6.61 Å². The van der Waals surface area contributed by atoms with Gasteiger partial charge in [-0.05, 0) is 41.8 Å². The Labute approximate surface area is 145 Å². The number of halogens is 1. The molecule has 1 fully saturated rings. The standard InChI is InChI=1S/C18H19ClO5/c19-13-5-1-11(2-6-13)9-12-3-7-14(8-4-12)24-18-17(22)16(21)15(20)10-23-18/h1-8,15-18,20-22H,9-10H2/t15-,16-,17+,18+/m0/s1. The molecule has 3 N–H and O–H groups in total. The summed E-state index contributed by atoms with van der Waals surface area (Å²) >= 11 is 5.88. The van der Waals surface area contributed by atoms with E-state index in [9.17, 15) is 15.3 Å². The molecule has 0 aliphatic carbocycles. The van der Waals surface area contributed by atoms with Gasteiger partial charge in [0.1, 0.15) is 24.1 Å². The van der Waals surface area contributed by atoms with Crippen LogP contribution in [-0.4, -0.2) is 46.5 Å². The molecule has 0 unspecified atom stereocenters. The van der Waals surface area contributed by atoms with Crippen molar-refractivity contribution in [2.45, 2.75) is 31.0 Å². The molecule has 0 bridgehead atoms. The first kappa shape index (κ1) is 17.2. The lowest BCUT2D eigenvalue weighted by Crippen LogP contribution is -2.54. The Hall–Kier alpha value is -1.63. The van der Waals surface area contributed by atoms with Crippen molar-refractivity contribution in [2.24, 2.45) is 0 Å². The molecule has 0 radical (unpaired) electrons. The van der Waals surface area contributed by atoms with E-state index in [1.807, 2.05) is 36.4 Å². The Morgan fingerprint density at radius 3 is 2.12 bits per heavy atom. The number of hydrogen-bond acceptors (Lipinski definition) is 5. The molecule has 3 rings (SSSR count). The summed E-state index contributed by atoms with van der Waals surface area (Å²) in [5, 5.41) is 29.7. The van der Waals surface area contributed by atoms with Crippen LogP contribution in [0.15, 0.2) is 48.5 Å². The van der Waals surface area contributed by atoms with Gasteiger partial charge in [-0.15, -0.1) is 0 Å². The van der Waals surface area contributed by atoms with Crippen molar-refractivity contribution in [3.63, 3.8) is 0 Å². The van der Waals surface area contributed by atoms with E-state index in [-0.39, 0.29) is 6.61 Å². The summed E-state index contributed by atoms with van der Waals surface area (Å²) in [5.74, 6) is 0.516. The monoisotopic (exact) mass is 350 g/mol. The fourth-order valence-corrected chi connectivity index (χ4v) is 2.67. The van der Waals surface area contributed by atoms with Gasteiger partial charge < -0.3 is 24.8 Å². The molecule has 24 heavy (non-hydrogen) atoms. The fourth-order valence-electron chi connectivity index (χ4n) is 2.54. The summed E-state index contributed by atoms with van der Waals surface area (Å²) in [6.45, 7) is -0.0858. The van der Waals surface area contributed by atoms with Gasteiger partial charge in [-0.1, -0.05) is 35.9 Å². The van der Waals surface area contributed by atoms with Gasteiger partial charge in [0, 0.05) is 5.02 Å². The van der Waals surface area contributed by atoms with Gasteiger partial charge in [0.2, 0.25) is 6.29 Å². The molecule has 0 spiro atoms. The lowest BCUT2D eigenvalue weighted by molar-refractivity contribution is -0.242. The topological polar surface area (TPSA) is 79.2 Å². The molecule has 4 atom stereocenters. The van der Waals surface area contributed by atoms with Crippen molar-refractivity contribution in [3.05, 3.63) is 64.7 Å². The quantitative estimate of drug-likeness (QED) is 0.783. The highest BCUT2D eigenvalue weighted by molar-refractivity contribution is 6.30. The third-order valence-electron chi connectivity index (χ3n) is 3.95. The molecular formula is C18H19ClO5. The van der Waals surface area contributed by atoms with Crippen LogP contribution >= 0.6 is 11.6 Å². The summed E-state index contributed by atoms with van der Waals surface area (Å²) in [6.07, 6.45) is -3.94. The number of rotatable bonds is 4. The molecule has 6 heteroatoms. The summed E-state index contributed by atoms with van der Waals surface area (Å²) in [5.41, 5.74) is 2.25. The highest BCUT2D eigenvalue weighted by Crippen LogP contribution is 2.22. The first-order valence-corrected chi connectivity index (χ1v) is 8.06. The predicted octanol–water partition coefficient (Wildman–Crippen LogP) is 1.75. The lowest BCUT2D eigenvalue weighted by Gasteiger charge is -2.34. The molecule has 0 amide bonds. The summed E-state index contributed by atoms with van der Waals surface area (Å²) < 4.78 is 10.8. The number of aliphatic hydroxyl groups excluding tert-OH is 3. The Morgan fingerprint density at radius 2 is 1.50 bits per heavy atom. The zero-order chi connectivity index (χ0) is 17.1. The normalized spacial score (nSPS) is 27.0. The van der Waals surface area contributed by atoms with E-state index in [1.54, 1.807) is 12.1 Å². The fraction of sp³-hybridized carbons (Fsp3) is 0.333. The van der Waals surface area contributed by atoms with Gasteiger partial charge in [-0.3, -0.25) is 0 Å². The Bertz CT molecular complexity index is 658. The number of ether oxygens (including phenoxy) is 2. The van der Waals surface area contributed by atoms with Crippen LogP contribution in [0.2, 0.25) is 5.02 Å². The average molecular weight is 351 g/mol. The van der Waals surface area contributed by atoms with Crippen LogP contribution in [0.1, 0.15) is 11.1 Å². The van der Waals surface area contributed by atoms with Crippen LogP contribution in [0.5, 0.6) is 5.75 Å². The zero-order valence-corrected chi connectivity index (χ0v) is 13.6. The van der Waals surface area contributed by atoms with Gasteiger partial charge in [0.25, 0.3) is 0 Å². The van der Waals surface area contributed by atoms with E-state index in [2.05, 4.69) is 0 Å². The number of aliphatic hydroxyl groups is 3. The maximum Gasteiger partial charge on any atom is 0.228 e. The molecular weight excluding hydrogens is 332 g/mol. The van der Waals surface area contributed by atoms with E-state index in [0.717, 1.165) is 17.5 Å². The highest BCUT2D eigenvalue weighted by atomic mass is 35.5. The molecule has 1 aliphatic rings. The first-order chi connectivity index (χ1) is 11.5. The molecule has 2 aromatic rings. The summed E-state index contributed by atoms with van der Waals surface area (Å²) in [7, 11) is 0. The van der Waals surface area contributed by atoms with Crippen molar-refractivity contribution in [2.75, 3.05) is 6.61 Å². The number of hydrogen-bond donors (Lipinski definition) is 3.